The first-order chi connectivity index (χ1) is 9.91. The van der Waals surface area contributed by atoms with Crippen LogP contribution in [0.15, 0.2) is 47.4 Å². The summed E-state index contributed by atoms with van der Waals surface area (Å²) in [6.45, 7) is 5.45. The monoisotopic (exact) mass is 304 g/mol. The van der Waals surface area contributed by atoms with E-state index in [1.807, 2.05) is 19.9 Å². The van der Waals surface area contributed by atoms with Gasteiger partial charge in [-0.15, -0.1) is 0 Å². The average Bonchev–Trinajstić information content (AvgIpc) is 2.48. The van der Waals surface area contributed by atoms with Gasteiger partial charge in [-0.3, -0.25) is 9.00 Å². The molecule has 4 heteroatoms. The van der Waals surface area contributed by atoms with Gasteiger partial charge in [-0.25, -0.2) is 4.39 Å². The van der Waals surface area contributed by atoms with Crippen LogP contribution in [0.5, 0.6) is 0 Å². The summed E-state index contributed by atoms with van der Waals surface area (Å²) < 4.78 is 26.1. The van der Waals surface area contributed by atoms with Crippen molar-refractivity contribution in [1.29, 1.82) is 0 Å². The van der Waals surface area contributed by atoms with Gasteiger partial charge in [0.25, 0.3) is 0 Å². The third-order valence-electron chi connectivity index (χ3n) is 3.54. The van der Waals surface area contributed by atoms with Crippen LogP contribution in [0.3, 0.4) is 0 Å². The van der Waals surface area contributed by atoms with Crippen molar-refractivity contribution in [2.45, 2.75) is 30.9 Å². The van der Waals surface area contributed by atoms with Crippen molar-refractivity contribution in [3.8, 4) is 0 Å². The van der Waals surface area contributed by atoms with Crippen molar-refractivity contribution in [3.63, 3.8) is 0 Å². The summed E-state index contributed by atoms with van der Waals surface area (Å²) in [5.74, 6) is -0.782. The van der Waals surface area contributed by atoms with Crippen molar-refractivity contribution >= 4 is 16.6 Å². The second-order valence-corrected chi connectivity index (χ2v) is 6.78. The van der Waals surface area contributed by atoms with Crippen LogP contribution in [0.25, 0.3) is 0 Å². The molecule has 2 aromatic carbocycles. The molecule has 110 valence electrons. The summed E-state index contributed by atoms with van der Waals surface area (Å²) in [6.07, 6.45) is 0. The van der Waals surface area contributed by atoms with Crippen LogP contribution in [0.1, 0.15) is 28.4 Å². The van der Waals surface area contributed by atoms with E-state index >= 15 is 0 Å². The molecule has 0 heterocycles. The van der Waals surface area contributed by atoms with Crippen LogP contribution in [0, 0.1) is 19.7 Å². The predicted octanol–water partition coefficient (Wildman–Crippen LogP) is 3.82. The standard InChI is InChI=1S/C17H17FO2S/c1-11-8-9-14(10-12(11)2)17(19)13(3)21(20)16-7-5-4-6-15(16)18/h4-10,13H,1-3H3. The van der Waals surface area contributed by atoms with Gasteiger partial charge in [0.15, 0.2) is 5.78 Å². The van der Waals surface area contributed by atoms with Crippen molar-refractivity contribution in [2.24, 2.45) is 0 Å². The zero-order valence-corrected chi connectivity index (χ0v) is 13.0. The number of aryl methyl sites for hydroxylation is 2. The summed E-state index contributed by atoms with van der Waals surface area (Å²) in [7, 11) is -1.71. The maximum atomic E-state index is 13.7. The third-order valence-corrected chi connectivity index (χ3v) is 5.16. The third kappa shape index (κ3) is 3.27. The van der Waals surface area contributed by atoms with Crippen LogP contribution in [0.4, 0.5) is 4.39 Å². The van der Waals surface area contributed by atoms with E-state index in [-0.39, 0.29) is 10.7 Å². The normalized spacial score (nSPS) is 13.7. The number of ketones is 1. The molecule has 0 saturated carbocycles. The lowest BCUT2D eigenvalue weighted by Gasteiger charge is -2.12. The molecule has 0 aliphatic carbocycles. The van der Waals surface area contributed by atoms with E-state index in [1.165, 1.54) is 18.2 Å². The number of benzene rings is 2. The molecule has 0 aliphatic rings. The van der Waals surface area contributed by atoms with Gasteiger partial charge in [-0.1, -0.05) is 24.3 Å². The highest BCUT2D eigenvalue weighted by Gasteiger charge is 2.24. The van der Waals surface area contributed by atoms with Crippen molar-refractivity contribution in [2.75, 3.05) is 0 Å². The molecule has 2 nitrogen and oxygen atoms in total. The summed E-state index contributed by atoms with van der Waals surface area (Å²) in [5.41, 5.74) is 2.61. The molecule has 2 atom stereocenters. The van der Waals surface area contributed by atoms with E-state index in [4.69, 9.17) is 0 Å². The Morgan fingerprint density at radius 3 is 2.38 bits per heavy atom. The lowest BCUT2D eigenvalue weighted by atomic mass is 10.0. The van der Waals surface area contributed by atoms with Crippen molar-refractivity contribution in [1.82, 2.24) is 0 Å². The zero-order chi connectivity index (χ0) is 15.6. The molecule has 2 unspecified atom stereocenters. The van der Waals surface area contributed by atoms with Gasteiger partial charge in [-0.05, 0) is 50.1 Å². The minimum Gasteiger partial charge on any atom is -0.293 e. The van der Waals surface area contributed by atoms with Gasteiger partial charge >= 0.3 is 0 Å². The fourth-order valence-corrected chi connectivity index (χ4v) is 3.21. The van der Waals surface area contributed by atoms with E-state index in [0.29, 0.717) is 5.56 Å². The van der Waals surface area contributed by atoms with Gasteiger partial charge in [-0.2, -0.15) is 0 Å². The fourth-order valence-electron chi connectivity index (χ4n) is 2.02. The quantitative estimate of drug-likeness (QED) is 0.805. The Morgan fingerprint density at radius 1 is 1.10 bits per heavy atom. The molecule has 0 spiro atoms. The molecule has 0 radical (unpaired) electrons. The largest absolute Gasteiger partial charge is 0.293 e. The van der Waals surface area contributed by atoms with Crippen LogP contribution >= 0.6 is 0 Å². The van der Waals surface area contributed by atoms with Gasteiger partial charge in [0.05, 0.1) is 20.9 Å². The highest BCUT2D eigenvalue weighted by atomic mass is 32.2. The molecule has 0 bridgehead atoms. The van der Waals surface area contributed by atoms with E-state index in [2.05, 4.69) is 0 Å². The first-order valence-corrected chi connectivity index (χ1v) is 7.89. The van der Waals surface area contributed by atoms with Crippen molar-refractivity contribution in [3.05, 3.63) is 65.0 Å². The minimum atomic E-state index is -1.71. The molecule has 0 aliphatic heterocycles. The zero-order valence-electron chi connectivity index (χ0n) is 12.2. The Balaban J connectivity index is 2.29. The average molecular weight is 304 g/mol. The van der Waals surface area contributed by atoms with Crippen LogP contribution in [0.2, 0.25) is 0 Å². The minimum absolute atomic E-state index is 0.0715. The van der Waals surface area contributed by atoms with Gasteiger partial charge < -0.3 is 0 Å². The Hall–Kier alpha value is -1.81. The second-order valence-electron chi connectivity index (χ2n) is 5.03. The van der Waals surface area contributed by atoms with Gasteiger partial charge in [0, 0.05) is 5.56 Å². The molecule has 0 fully saturated rings. The van der Waals surface area contributed by atoms with Crippen molar-refractivity contribution < 1.29 is 13.4 Å². The Morgan fingerprint density at radius 2 is 1.76 bits per heavy atom. The maximum Gasteiger partial charge on any atom is 0.178 e. The summed E-state index contributed by atoms with van der Waals surface area (Å²) in [4.78, 5) is 12.5. The second kappa shape index (κ2) is 6.31. The highest BCUT2D eigenvalue weighted by molar-refractivity contribution is 7.86. The SMILES string of the molecule is Cc1ccc(C(=O)C(C)S(=O)c2ccccc2F)cc1C. The fraction of sp³-hybridized carbons (Fsp3) is 0.235. The van der Waals surface area contributed by atoms with Crippen LogP contribution in [-0.2, 0) is 10.8 Å². The first kappa shape index (κ1) is 15.6. The number of carbonyl (C=O) groups excluding carboxylic acids is 1. The topological polar surface area (TPSA) is 34.1 Å². The smallest absolute Gasteiger partial charge is 0.178 e. The lowest BCUT2D eigenvalue weighted by molar-refractivity contribution is 0.0992. The van der Waals surface area contributed by atoms with E-state index in [9.17, 15) is 13.4 Å². The van der Waals surface area contributed by atoms with E-state index < -0.39 is 21.9 Å². The molecule has 2 rings (SSSR count). The molecule has 0 N–H and O–H groups in total. The van der Waals surface area contributed by atoms with Crippen LogP contribution in [-0.4, -0.2) is 15.2 Å². The number of rotatable bonds is 4. The number of hydrogen-bond donors (Lipinski definition) is 0. The molecular weight excluding hydrogens is 287 g/mol. The van der Waals surface area contributed by atoms with Gasteiger partial charge in [0.2, 0.25) is 0 Å². The number of halogens is 1. The molecule has 2 aromatic rings. The molecular formula is C17H17FO2S. The highest BCUT2D eigenvalue weighted by Crippen LogP contribution is 2.19. The predicted molar refractivity (Wildman–Crippen MR) is 82.5 cm³/mol. The van der Waals surface area contributed by atoms with E-state index in [0.717, 1.165) is 11.1 Å². The lowest BCUT2D eigenvalue weighted by Crippen LogP contribution is -2.23. The summed E-state index contributed by atoms with van der Waals surface area (Å²) in [5, 5.41) is -0.788. The molecule has 0 aromatic heterocycles. The number of hydrogen-bond acceptors (Lipinski definition) is 2. The maximum absolute atomic E-state index is 13.7. The summed E-state index contributed by atoms with van der Waals surface area (Å²) >= 11 is 0. The Bertz CT molecular complexity index is 710. The molecule has 0 amide bonds. The number of Topliss-reactive ketones (excluding diaryl/α,β-unsaturated/α-hetero) is 1. The van der Waals surface area contributed by atoms with E-state index in [1.54, 1.807) is 25.1 Å². The summed E-state index contributed by atoms with van der Waals surface area (Å²) in [6, 6.07) is 11.2. The Labute approximate surface area is 126 Å². The molecule has 0 saturated heterocycles. The Kier molecular flexibility index (Phi) is 4.68. The van der Waals surface area contributed by atoms with Gasteiger partial charge in [0.1, 0.15) is 5.82 Å². The van der Waals surface area contributed by atoms with Crippen LogP contribution < -0.4 is 0 Å². The first-order valence-electron chi connectivity index (χ1n) is 6.68. The molecule has 21 heavy (non-hydrogen) atoms. The number of carbonyl (C=O) groups is 1.